The smallest absolute Gasteiger partial charge is 0.241 e. The summed E-state index contributed by atoms with van der Waals surface area (Å²) >= 11 is 0. The van der Waals surface area contributed by atoms with Crippen LogP contribution in [0.2, 0.25) is 0 Å². The van der Waals surface area contributed by atoms with Gasteiger partial charge in [0.05, 0.1) is 11.0 Å². The number of hydrogen-bond acceptors (Lipinski definition) is 4. The molecule has 1 N–H and O–H groups in total. The Bertz CT molecular complexity index is 834. The van der Waals surface area contributed by atoms with Crippen LogP contribution in [0.3, 0.4) is 0 Å². The number of hydrogen-bond donors (Lipinski definition) is 1. The highest BCUT2D eigenvalue weighted by atomic mass is 32.2. The Kier molecular flexibility index (Phi) is 4.83. The van der Waals surface area contributed by atoms with Crippen molar-refractivity contribution in [1.82, 2.24) is 19.2 Å². The zero-order valence-corrected chi connectivity index (χ0v) is 15.6. The molecule has 1 aromatic carbocycles. The maximum Gasteiger partial charge on any atom is 0.241 e. The van der Waals surface area contributed by atoms with Gasteiger partial charge in [-0.3, -0.25) is 4.79 Å². The number of nitrogens with one attached hydrogen (secondary N) is 1. The zero-order valence-electron chi connectivity index (χ0n) is 14.8. The number of piperidine rings is 1. The first kappa shape index (κ1) is 17.9. The minimum atomic E-state index is -3.63. The summed E-state index contributed by atoms with van der Waals surface area (Å²) in [6.45, 7) is 2.28. The van der Waals surface area contributed by atoms with Crippen LogP contribution in [0.15, 0.2) is 24.3 Å². The van der Waals surface area contributed by atoms with Gasteiger partial charge in [-0.1, -0.05) is 12.1 Å². The van der Waals surface area contributed by atoms with E-state index in [0.717, 1.165) is 16.9 Å². The van der Waals surface area contributed by atoms with E-state index in [1.54, 1.807) is 14.1 Å². The molecule has 8 heteroatoms. The second-order valence-corrected chi connectivity index (χ2v) is 8.99. The first-order chi connectivity index (χ1) is 11.8. The van der Waals surface area contributed by atoms with E-state index in [9.17, 15) is 13.2 Å². The van der Waals surface area contributed by atoms with Gasteiger partial charge < -0.3 is 9.88 Å². The van der Waals surface area contributed by atoms with E-state index in [4.69, 9.17) is 0 Å². The fraction of sp³-hybridized carbons (Fsp3) is 0.529. The van der Waals surface area contributed by atoms with Gasteiger partial charge in [0.15, 0.2) is 5.25 Å². The lowest BCUT2D eigenvalue weighted by Gasteiger charge is -2.32. The third kappa shape index (κ3) is 3.41. The maximum atomic E-state index is 12.7. The number of carbonyl (C=O) groups is 1. The molecule has 1 aliphatic rings. The van der Waals surface area contributed by atoms with Gasteiger partial charge in [0.1, 0.15) is 5.82 Å². The minimum Gasteiger partial charge on any atom is -0.348 e. The zero-order chi connectivity index (χ0) is 18.2. The number of H-pyrrole nitrogens is 1. The van der Waals surface area contributed by atoms with Crippen molar-refractivity contribution in [3.05, 3.63) is 30.1 Å². The van der Waals surface area contributed by atoms with E-state index < -0.39 is 15.3 Å². The van der Waals surface area contributed by atoms with Gasteiger partial charge in [-0.05, 0) is 31.9 Å². The highest BCUT2D eigenvalue weighted by Gasteiger charge is 2.37. The van der Waals surface area contributed by atoms with Gasteiger partial charge >= 0.3 is 0 Å². The predicted octanol–water partition coefficient (Wildman–Crippen LogP) is 1.55. The van der Waals surface area contributed by atoms with Crippen LogP contribution in [0.5, 0.6) is 0 Å². The summed E-state index contributed by atoms with van der Waals surface area (Å²) in [5.41, 5.74) is 1.93. The van der Waals surface area contributed by atoms with Gasteiger partial charge in [-0.15, -0.1) is 0 Å². The number of aromatic nitrogens is 2. The standard InChI is InChI=1S/C17H24N4O3S/c1-12(17(22)20(2)3)25(23,24)21-10-8-13(9-11-21)16-18-14-6-4-5-7-15(14)19-16/h4-7,12-13H,8-11H2,1-3H3,(H,18,19)/t12-/m0/s1. The van der Waals surface area contributed by atoms with E-state index in [-0.39, 0.29) is 11.8 Å². The van der Waals surface area contributed by atoms with Crippen molar-refractivity contribution in [1.29, 1.82) is 0 Å². The number of aromatic amines is 1. The van der Waals surface area contributed by atoms with E-state index in [1.807, 2.05) is 24.3 Å². The Morgan fingerprint density at radius 3 is 2.52 bits per heavy atom. The average molecular weight is 364 g/mol. The van der Waals surface area contributed by atoms with Crippen LogP contribution in [0.25, 0.3) is 11.0 Å². The lowest BCUT2D eigenvalue weighted by atomic mass is 9.97. The third-order valence-electron chi connectivity index (χ3n) is 4.84. The molecular weight excluding hydrogens is 340 g/mol. The monoisotopic (exact) mass is 364 g/mol. The Hall–Kier alpha value is -1.93. The highest BCUT2D eigenvalue weighted by molar-refractivity contribution is 7.90. The number of amides is 1. The molecule has 1 aromatic heterocycles. The van der Waals surface area contributed by atoms with Crippen LogP contribution in [0.4, 0.5) is 0 Å². The molecule has 2 heterocycles. The lowest BCUT2D eigenvalue weighted by Crippen LogP contribution is -2.47. The predicted molar refractivity (Wildman–Crippen MR) is 96.7 cm³/mol. The van der Waals surface area contributed by atoms with Crippen LogP contribution in [-0.4, -0.2) is 65.9 Å². The van der Waals surface area contributed by atoms with Crippen LogP contribution in [0, 0.1) is 0 Å². The van der Waals surface area contributed by atoms with Crippen LogP contribution < -0.4 is 0 Å². The average Bonchev–Trinajstić information content (AvgIpc) is 3.04. The summed E-state index contributed by atoms with van der Waals surface area (Å²) in [6, 6.07) is 7.86. The van der Waals surface area contributed by atoms with Crippen molar-refractivity contribution in [2.24, 2.45) is 0 Å². The van der Waals surface area contributed by atoms with Crippen LogP contribution >= 0.6 is 0 Å². The van der Waals surface area contributed by atoms with E-state index in [0.29, 0.717) is 25.9 Å². The molecule has 1 saturated heterocycles. The topological polar surface area (TPSA) is 86.4 Å². The fourth-order valence-electron chi connectivity index (χ4n) is 3.26. The van der Waals surface area contributed by atoms with Gasteiger partial charge in [0.2, 0.25) is 15.9 Å². The second kappa shape index (κ2) is 6.76. The van der Waals surface area contributed by atoms with Crippen molar-refractivity contribution < 1.29 is 13.2 Å². The molecule has 7 nitrogen and oxygen atoms in total. The molecule has 0 bridgehead atoms. The summed E-state index contributed by atoms with van der Waals surface area (Å²) in [5, 5.41) is -1.05. The molecule has 0 aliphatic carbocycles. The number of para-hydroxylation sites is 2. The first-order valence-corrected chi connectivity index (χ1v) is 9.96. The summed E-state index contributed by atoms with van der Waals surface area (Å²) in [5.74, 6) is 0.730. The van der Waals surface area contributed by atoms with E-state index in [2.05, 4.69) is 9.97 Å². The molecule has 1 aliphatic heterocycles. The summed E-state index contributed by atoms with van der Waals surface area (Å²) in [6.07, 6.45) is 1.39. The van der Waals surface area contributed by atoms with Gasteiger partial charge in [-0.25, -0.2) is 17.7 Å². The number of nitrogens with zero attached hydrogens (tertiary/aromatic N) is 3. The molecule has 1 amide bonds. The quantitative estimate of drug-likeness (QED) is 0.892. The van der Waals surface area contributed by atoms with Gasteiger partial charge in [0.25, 0.3) is 0 Å². The molecule has 3 rings (SSSR count). The number of sulfonamides is 1. The molecular formula is C17H24N4O3S. The first-order valence-electron chi connectivity index (χ1n) is 8.45. The number of imidazole rings is 1. The lowest BCUT2D eigenvalue weighted by molar-refractivity contribution is -0.128. The molecule has 0 unspecified atom stereocenters. The minimum absolute atomic E-state index is 0.207. The maximum absolute atomic E-state index is 12.7. The number of benzene rings is 1. The summed E-state index contributed by atoms with van der Waals surface area (Å²) < 4.78 is 26.8. The Morgan fingerprint density at radius 2 is 1.92 bits per heavy atom. The normalized spacial score (nSPS) is 18.4. The molecule has 0 spiro atoms. The van der Waals surface area contributed by atoms with Crippen molar-refractivity contribution in [3.8, 4) is 0 Å². The third-order valence-corrected chi connectivity index (χ3v) is 7.02. The number of fused-ring (bicyclic) bond motifs is 1. The van der Waals surface area contributed by atoms with Crippen molar-refractivity contribution in [3.63, 3.8) is 0 Å². The Morgan fingerprint density at radius 1 is 1.28 bits per heavy atom. The molecule has 1 fully saturated rings. The van der Waals surface area contributed by atoms with Crippen LogP contribution in [0.1, 0.15) is 31.5 Å². The largest absolute Gasteiger partial charge is 0.348 e. The summed E-state index contributed by atoms with van der Waals surface area (Å²) in [7, 11) is -0.482. The molecule has 1 atom stereocenters. The van der Waals surface area contributed by atoms with E-state index >= 15 is 0 Å². The fourth-order valence-corrected chi connectivity index (χ4v) is 4.90. The van der Waals surface area contributed by atoms with Crippen LogP contribution in [-0.2, 0) is 14.8 Å². The Labute approximate surface area is 148 Å². The molecule has 136 valence electrons. The Balaban J connectivity index is 1.69. The van der Waals surface area contributed by atoms with Crippen molar-refractivity contribution in [2.75, 3.05) is 27.2 Å². The molecule has 0 saturated carbocycles. The van der Waals surface area contributed by atoms with Crippen molar-refractivity contribution in [2.45, 2.75) is 30.9 Å². The van der Waals surface area contributed by atoms with E-state index in [1.165, 1.54) is 16.1 Å². The van der Waals surface area contributed by atoms with Gasteiger partial charge in [0, 0.05) is 33.1 Å². The molecule has 0 radical (unpaired) electrons. The molecule has 25 heavy (non-hydrogen) atoms. The highest BCUT2D eigenvalue weighted by Crippen LogP contribution is 2.29. The second-order valence-electron chi connectivity index (χ2n) is 6.73. The molecule has 2 aromatic rings. The number of rotatable bonds is 4. The van der Waals surface area contributed by atoms with Crippen molar-refractivity contribution >= 4 is 27.0 Å². The van der Waals surface area contributed by atoms with Gasteiger partial charge in [-0.2, -0.15) is 0 Å². The number of carbonyl (C=O) groups excluding carboxylic acids is 1. The SMILES string of the molecule is C[C@@H](C(=O)N(C)C)S(=O)(=O)N1CCC(c2nc3ccccc3[nH]2)CC1. The summed E-state index contributed by atoms with van der Waals surface area (Å²) in [4.78, 5) is 21.3.